The lowest BCUT2D eigenvalue weighted by Crippen LogP contribution is -2.49. The van der Waals surface area contributed by atoms with Crippen LogP contribution in [0.3, 0.4) is 0 Å². The third kappa shape index (κ3) is 5.43. The number of nitrogens with two attached hydrogens (primary N) is 2. The quantitative estimate of drug-likeness (QED) is 0.495. The number of amides is 3. The maximum Gasteiger partial charge on any atom is 0.273 e. The Labute approximate surface area is 203 Å². The van der Waals surface area contributed by atoms with Gasteiger partial charge < -0.3 is 16.8 Å². The maximum absolute atomic E-state index is 13.9. The first-order valence-electron chi connectivity index (χ1n) is 10.7. The van der Waals surface area contributed by atoms with E-state index in [1.807, 2.05) is 77.1 Å². The Balaban J connectivity index is 2.24. The molecular weight excluding hydrogens is 450 g/mol. The van der Waals surface area contributed by atoms with E-state index < -0.39 is 23.4 Å². The van der Waals surface area contributed by atoms with Crippen molar-refractivity contribution in [3.63, 3.8) is 0 Å². The molecule has 0 fully saturated rings. The van der Waals surface area contributed by atoms with Crippen LogP contribution in [0.2, 0.25) is 0 Å². The standard InChI is InChI=1S/C25H29N5O3S/c1-14-9-11-16(12-10-14)20(23(32)28-25(3,4)5)30(17-8-6-7-15(2)13-17)24(33)21-18(26)19(22(27)31)29-34-21/h6-13,20H,26H2,1-5H3,(H2,27,31)(H,28,32). The van der Waals surface area contributed by atoms with Gasteiger partial charge in [0.25, 0.3) is 11.8 Å². The van der Waals surface area contributed by atoms with Gasteiger partial charge in [0.2, 0.25) is 5.91 Å². The third-order valence-electron chi connectivity index (χ3n) is 5.05. The van der Waals surface area contributed by atoms with Crippen molar-refractivity contribution < 1.29 is 14.4 Å². The third-order valence-corrected chi connectivity index (χ3v) is 5.90. The SMILES string of the molecule is Cc1ccc(C(C(=O)NC(C)(C)C)N(C(=O)c2snc(C(N)=O)c2N)c2cccc(C)c2)cc1. The summed E-state index contributed by atoms with van der Waals surface area (Å²) in [5, 5.41) is 2.99. The number of rotatable bonds is 6. The van der Waals surface area contributed by atoms with Crippen LogP contribution in [0.5, 0.6) is 0 Å². The van der Waals surface area contributed by atoms with Gasteiger partial charge in [-0.1, -0.05) is 42.0 Å². The number of anilines is 2. The van der Waals surface area contributed by atoms with Crippen LogP contribution in [0.15, 0.2) is 48.5 Å². The Kier molecular flexibility index (Phi) is 7.07. The van der Waals surface area contributed by atoms with Gasteiger partial charge in [-0.2, -0.15) is 4.37 Å². The molecule has 8 nitrogen and oxygen atoms in total. The molecule has 34 heavy (non-hydrogen) atoms. The fourth-order valence-corrected chi connectivity index (χ4v) is 4.25. The molecular formula is C25H29N5O3S. The molecule has 1 unspecified atom stereocenters. The van der Waals surface area contributed by atoms with Gasteiger partial charge in [0.1, 0.15) is 10.9 Å². The zero-order valence-electron chi connectivity index (χ0n) is 19.9. The predicted molar refractivity (Wildman–Crippen MR) is 135 cm³/mol. The van der Waals surface area contributed by atoms with Gasteiger partial charge in [0, 0.05) is 11.2 Å². The minimum Gasteiger partial charge on any atom is -0.395 e. The van der Waals surface area contributed by atoms with Crippen molar-refractivity contribution in [3.8, 4) is 0 Å². The number of aryl methyl sites for hydroxylation is 2. The summed E-state index contributed by atoms with van der Waals surface area (Å²) in [5.41, 5.74) is 13.7. The minimum atomic E-state index is -1.01. The van der Waals surface area contributed by atoms with Crippen molar-refractivity contribution in [2.24, 2.45) is 5.73 Å². The first-order chi connectivity index (χ1) is 15.9. The molecule has 0 aliphatic rings. The van der Waals surface area contributed by atoms with Gasteiger partial charge in [-0.05, 0) is 69.4 Å². The van der Waals surface area contributed by atoms with Crippen LogP contribution in [-0.2, 0) is 4.79 Å². The molecule has 3 amide bonds. The van der Waals surface area contributed by atoms with Gasteiger partial charge in [-0.3, -0.25) is 19.3 Å². The molecule has 3 aromatic rings. The number of hydrogen-bond acceptors (Lipinski definition) is 6. The van der Waals surface area contributed by atoms with Crippen molar-refractivity contribution in [2.75, 3.05) is 10.6 Å². The lowest BCUT2D eigenvalue weighted by molar-refractivity contribution is -0.123. The average molecular weight is 480 g/mol. The smallest absolute Gasteiger partial charge is 0.273 e. The highest BCUT2D eigenvalue weighted by Crippen LogP contribution is 2.34. The summed E-state index contributed by atoms with van der Waals surface area (Å²) in [5.74, 6) is -1.73. The summed E-state index contributed by atoms with van der Waals surface area (Å²) in [6.45, 7) is 9.46. The van der Waals surface area contributed by atoms with Crippen molar-refractivity contribution >= 4 is 40.6 Å². The summed E-state index contributed by atoms with van der Waals surface area (Å²) >= 11 is 0.781. The Morgan fingerprint density at radius 2 is 1.68 bits per heavy atom. The monoisotopic (exact) mass is 479 g/mol. The Hall–Kier alpha value is -3.72. The second kappa shape index (κ2) is 9.64. The van der Waals surface area contributed by atoms with Crippen molar-refractivity contribution in [1.82, 2.24) is 9.69 Å². The van der Waals surface area contributed by atoms with Crippen molar-refractivity contribution in [1.29, 1.82) is 0 Å². The molecule has 1 heterocycles. The lowest BCUT2D eigenvalue weighted by Gasteiger charge is -2.33. The molecule has 1 atom stereocenters. The fraction of sp³-hybridized carbons (Fsp3) is 0.280. The Morgan fingerprint density at radius 1 is 1.03 bits per heavy atom. The number of carbonyl (C=O) groups excluding carboxylic acids is 3. The molecule has 0 saturated carbocycles. The number of primary amides is 1. The lowest BCUT2D eigenvalue weighted by atomic mass is 9.99. The van der Waals surface area contributed by atoms with Crippen LogP contribution in [-0.4, -0.2) is 27.6 Å². The molecule has 0 saturated heterocycles. The van der Waals surface area contributed by atoms with Crippen LogP contribution >= 0.6 is 11.5 Å². The highest BCUT2D eigenvalue weighted by atomic mass is 32.1. The van der Waals surface area contributed by atoms with Crippen LogP contribution in [0.25, 0.3) is 0 Å². The second-order valence-corrected chi connectivity index (χ2v) is 9.98. The van der Waals surface area contributed by atoms with E-state index >= 15 is 0 Å². The number of hydrogen-bond donors (Lipinski definition) is 3. The molecule has 3 rings (SSSR count). The maximum atomic E-state index is 13.9. The summed E-state index contributed by atoms with van der Waals surface area (Å²) in [7, 11) is 0. The second-order valence-electron chi connectivity index (χ2n) is 9.20. The number of nitrogens with one attached hydrogen (secondary N) is 1. The molecule has 1 aromatic heterocycles. The van der Waals surface area contributed by atoms with Gasteiger partial charge in [0.05, 0.1) is 5.69 Å². The molecule has 178 valence electrons. The highest BCUT2D eigenvalue weighted by Gasteiger charge is 2.37. The average Bonchev–Trinajstić information content (AvgIpc) is 3.12. The van der Waals surface area contributed by atoms with E-state index in [9.17, 15) is 14.4 Å². The van der Waals surface area contributed by atoms with Crippen LogP contribution in [0, 0.1) is 13.8 Å². The van der Waals surface area contributed by atoms with E-state index in [0.29, 0.717) is 11.3 Å². The summed E-state index contributed by atoms with van der Waals surface area (Å²) in [6, 6.07) is 13.7. The summed E-state index contributed by atoms with van der Waals surface area (Å²) < 4.78 is 3.97. The van der Waals surface area contributed by atoms with E-state index in [4.69, 9.17) is 11.5 Å². The zero-order valence-corrected chi connectivity index (χ0v) is 20.7. The van der Waals surface area contributed by atoms with E-state index in [0.717, 1.165) is 22.7 Å². The number of aromatic nitrogens is 1. The normalized spacial score (nSPS) is 12.1. The van der Waals surface area contributed by atoms with Gasteiger partial charge in [-0.25, -0.2) is 0 Å². The van der Waals surface area contributed by atoms with E-state index in [1.165, 1.54) is 4.90 Å². The highest BCUT2D eigenvalue weighted by molar-refractivity contribution is 7.09. The Morgan fingerprint density at radius 3 is 2.21 bits per heavy atom. The molecule has 9 heteroatoms. The largest absolute Gasteiger partial charge is 0.395 e. The number of nitrogens with zero attached hydrogens (tertiary/aromatic N) is 2. The number of benzene rings is 2. The predicted octanol–water partition coefficient (Wildman–Crippen LogP) is 3.74. The van der Waals surface area contributed by atoms with Gasteiger partial charge in [0.15, 0.2) is 5.69 Å². The molecule has 0 aliphatic heterocycles. The van der Waals surface area contributed by atoms with Crippen LogP contribution < -0.4 is 21.7 Å². The molecule has 0 spiro atoms. The fourth-order valence-electron chi connectivity index (χ4n) is 3.50. The molecule has 0 bridgehead atoms. The molecule has 2 aromatic carbocycles. The van der Waals surface area contributed by atoms with Crippen LogP contribution in [0.4, 0.5) is 11.4 Å². The van der Waals surface area contributed by atoms with Gasteiger partial charge in [-0.15, -0.1) is 0 Å². The molecule has 5 N–H and O–H groups in total. The number of nitrogen functional groups attached to an aromatic ring is 1. The number of carbonyl (C=O) groups is 3. The van der Waals surface area contributed by atoms with Crippen molar-refractivity contribution in [2.45, 2.75) is 46.2 Å². The first kappa shape index (κ1) is 24.9. The summed E-state index contributed by atoms with van der Waals surface area (Å²) in [6.07, 6.45) is 0. The van der Waals surface area contributed by atoms with Gasteiger partial charge >= 0.3 is 0 Å². The first-order valence-corrected chi connectivity index (χ1v) is 11.5. The molecule has 0 radical (unpaired) electrons. The Bertz CT molecular complexity index is 1230. The van der Waals surface area contributed by atoms with E-state index in [-0.39, 0.29) is 22.2 Å². The zero-order chi connectivity index (χ0) is 25.2. The summed E-state index contributed by atoms with van der Waals surface area (Å²) in [4.78, 5) is 40.7. The minimum absolute atomic E-state index is 0.0379. The molecule has 0 aliphatic carbocycles. The van der Waals surface area contributed by atoms with E-state index in [2.05, 4.69) is 9.69 Å². The topological polar surface area (TPSA) is 131 Å². The van der Waals surface area contributed by atoms with Crippen LogP contribution in [0.1, 0.15) is 63.7 Å². The van der Waals surface area contributed by atoms with E-state index in [1.54, 1.807) is 6.07 Å². The van der Waals surface area contributed by atoms with Crippen molar-refractivity contribution in [3.05, 3.63) is 75.8 Å².